The van der Waals surface area contributed by atoms with Gasteiger partial charge in [-0.15, -0.1) is 0 Å². The maximum atomic E-state index is 14.0. The lowest BCUT2D eigenvalue weighted by molar-refractivity contribution is -0.0235. The number of fused-ring (bicyclic) bond motifs is 1. The second-order valence-corrected chi connectivity index (χ2v) is 7.11. The summed E-state index contributed by atoms with van der Waals surface area (Å²) in [6.07, 6.45) is -1.13. The van der Waals surface area contributed by atoms with Crippen LogP contribution in [0.4, 0.5) is 13.6 Å². The molecule has 6 heteroatoms. The Hall–Kier alpha value is -1.69. The number of rotatable bonds is 1. The molecule has 0 spiro atoms. The smallest absolute Gasteiger partial charge is 0.412 e. The Balaban J connectivity index is 1.85. The van der Waals surface area contributed by atoms with Crippen LogP contribution in [0, 0.1) is 17.6 Å². The van der Waals surface area contributed by atoms with E-state index in [2.05, 4.69) is 0 Å². The summed E-state index contributed by atoms with van der Waals surface area (Å²) < 4.78 is 32.7. The number of likely N-dealkylation sites (tertiary alicyclic amines) is 1. The molecule has 4 nitrogen and oxygen atoms in total. The highest BCUT2D eigenvalue weighted by molar-refractivity contribution is 5.70. The molecule has 0 bridgehead atoms. The first-order valence-corrected chi connectivity index (χ1v) is 7.27. The van der Waals surface area contributed by atoms with Gasteiger partial charge < -0.3 is 9.84 Å². The number of halogens is 2. The molecular formula is C16H19F2NO3. The van der Waals surface area contributed by atoms with Crippen molar-refractivity contribution in [2.24, 2.45) is 5.92 Å². The molecule has 120 valence electrons. The van der Waals surface area contributed by atoms with E-state index in [-0.39, 0.29) is 18.0 Å². The predicted octanol–water partition coefficient (Wildman–Crippen LogP) is 2.79. The van der Waals surface area contributed by atoms with E-state index in [0.29, 0.717) is 6.42 Å². The van der Waals surface area contributed by atoms with Gasteiger partial charge in [-0.25, -0.2) is 13.6 Å². The van der Waals surface area contributed by atoms with Crippen LogP contribution in [0.25, 0.3) is 0 Å². The number of hydrogen-bond donors (Lipinski definition) is 1. The largest absolute Gasteiger partial charge is 0.444 e. The molecule has 1 aromatic rings. The molecule has 2 fully saturated rings. The van der Waals surface area contributed by atoms with Gasteiger partial charge in [-0.1, -0.05) is 0 Å². The first-order valence-electron chi connectivity index (χ1n) is 7.27. The predicted molar refractivity (Wildman–Crippen MR) is 75.1 cm³/mol. The average Bonchev–Trinajstić information content (AvgIpc) is 3.05. The molecule has 1 saturated heterocycles. The zero-order valence-electron chi connectivity index (χ0n) is 12.8. The molecule has 1 heterocycles. The number of amides is 1. The van der Waals surface area contributed by atoms with Crippen molar-refractivity contribution in [1.29, 1.82) is 0 Å². The number of carbonyl (C=O) groups is 1. The monoisotopic (exact) mass is 311 g/mol. The van der Waals surface area contributed by atoms with Crippen LogP contribution < -0.4 is 0 Å². The standard InChI is InChI=1S/C16H19F2NO3/c1-15(2,3)22-14(21)19-8-16(7-11(16)13(19)20)10-6-9(17)4-5-12(10)18/h4-6,11,13,20H,7-8H2,1-3H3/t11-,13?,16+/m0/s1. The Bertz CT molecular complexity index is 628. The second-order valence-electron chi connectivity index (χ2n) is 7.11. The van der Waals surface area contributed by atoms with Gasteiger partial charge >= 0.3 is 6.09 Å². The van der Waals surface area contributed by atoms with Crippen molar-refractivity contribution in [2.75, 3.05) is 6.54 Å². The van der Waals surface area contributed by atoms with Crippen LogP contribution >= 0.6 is 0 Å². The van der Waals surface area contributed by atoms with Crippen molar-refractivity contribution in [3.8, 4) is 0 Å². The fourth-order valence-corrected chi connectivity index (χ4v) is 3.29. The molecule has 3 rings (SSSR count). The van der Waals surface area contributed by atoms with Crippen LogP contribution in [0.1, 0.15) is 32.8 Å². The summed E-state index contributed by atoms with van der Waals surface area (Å²) in [6.45, 7) is 5.33. The molecule has 0 radical (unpaired) electrons. The lowest BCUT2D eigenvalue weighted by Crippen LogP contribution is -2.42. The van der Waals surface area contributed by atoms with E-state index in [1.807, 2.05) is 0 Å². The van der Waals surface area contributed by atoms with Crippen LogP contribution in [0.2, 0.25) is 0 Å². The van der Waals surface area contributed by atoms with Gasteiger partial charge in [-0.05, 0) is 51.0 Å². The van der Waals surface area contributed by atoms with E-state index in [0.717, 1.165) is 18.2 Å². The normalized spacial score (nSPS) is 30.2. The molecule has 1 aliphatic heterocycles. The zero-order valence-corrected chi connectivity index (χ0v) is 12.8. The molecule has 0 aromatic heterocycles. The molecule has 1 unspecified atom stereocenters. The van der Waals surface area contributed by atoms with Gasteiger partial charge in [0.2, 0.25) is 0 Å². The summed E-state index contributed by atoms with van der Waals surface area (Å²) in [5.41, 5.74) is -1.16. The van der Waals surface area contributed by atoms with Crippen molar-refractivity contribution >= 4 is 6.09 Å². The van der Waals surface area contributed by atoms with E-state index in [9.17, 15) is 18.7 Å². The summed E-state index contributed by atoms with van der Waals surface area (Å²) in [4.78, 5) is 13.3. The van der Waals surface area contributed by atoms with E-state index in [4.69, 9.17) is 4.74 Å². The number of aliphatic hydroxyl groups is 1. The van der Waals surface area contributed by atoms with Gasteiger partial charge in [-0.3, -0.25) is 4.90 Å². The maximum absolute atomic E-state index is 14.0. The van der Waals surface area contributed by atoms with Gasteiger partial charge in [0.15, 0.2) is 0 Å². The Morgan fingerprint density at radius 3 is 2.73 bits per heavy atom. The minimum atomic E-state index is -1.03. The zero-order chi connectivity index (χ0) is 16.3. The third-order valence-electron chi connectivity index (χ3n) is 4.36. The van der Waals surface area contributed by atoms with E-state index in [1.165, 1.54) is 4.90 Å². The van der Waals surface area contributed by atoms with Crippen LogP contribution in [0.15, 0.2) is 18.2 Å². The number of benzene rings is 1. The van der Waals surface area contributed by atoms with E-state index in [1.54, 1.807) is 20.8 Å². The molecule has 1 N–H and O–H groups in total. The highest BCUT2D eigenvalue weighted by atomic mass is 19.1. The van der Waals surface area contributed by atoms with E-state index < -0.39 is 35.0 Å². The van der Waals surface area contributed by atoms with E-state index >= 15 is 0 Å². The minimum absolute atomic E-state index is 0.133. The summed E-state index contributed by atoms with van der Waals surface area (Å²) in [5.74, 6) is -1.32. The molecule has 22 heavy (non-hydrogen) atoms. The highest BCUT2D eigenvalue weighted by Crippen LogP contribution is 2.62. The van der Waals surface area contributed by atoms with Gasteiger partial charge in [0.05, 0.1) is 0 Å². The van der Waals surface area contributed by atoms with Gasteiger partial charge in [0.25, 0.3) is 0 Å². The van der Waals surface area contributed by atoms with Gasteiger partial charge in [-0.2, -0.15) is 0 Å². The second kappa shape index (κ2) is 4.65. The lowest BCUT2D eigenvalue weighted by Gasteiger charge is -2.28. The summed E-state index contributed by atoms with van der Waals surface area (Å²) >= 11 is 0. The minimum Gasteiger partial charge on any atom is -0.444 e. The number of aliphatic hydroxyl groups excluding tert-OH is 1. The number of piperidine rings is 1. The molecule has 1 amide bonds. The first-order chi connectivity index (χ1) is 10.1. The number of nitrogens with zero attached hydrogens (tertiary/aromatic N) is 1. The molecular weight excluding hydrogens is 292 g/mol. The Morgan fingerprint density at radius 1 is 1.41 bits per heavy atom. The van der Waals surface area contributed by atoms with Gasteiger partial charge in [0.1, 0.15) is 23.5 Å². The average molecular weight is 311 g/mol. The van der Waals surface area contributed by atoms with Crippen LogP contribution in [-0.4, -0.2) is 34.5 Å². The number of carbonyl (C=O) groups excluding carboxylic acids is 1. The molecule has 1 saturated carbocycles. The molecule has 3 atom stereocenters. The summed E-state index contributed by atoms with van der Waals surface area (Å²) in [7, 11) is 0. The third kappa shape index (κ3) is 2.35. The quantitative estimate of drug-likeness (QED) is 0.867. The van der Waals surface area contributed by atoms with Crippen molar-refractivity contribution in [3.05, 3.63) is 35.4 Å². The SMILES string of the molecule is CC(C)(C)OC(=O)N1C[C@@]2(c3cc(F)ccc3F)C[C@H]2C1O. The van der Waals surface area contributed by atoms with Crippen molar-refractivity contribution in [1.82, 2.24) is 4.90 Å². The third-order valence-corrected chi connectivity index (χ3v) is 4.36. The number of hydrogen-bond acceptors (Lipinski definition) is 3. The van der Waals surface area contributed by atoms with Crippen molar-refractivity contribution < 1.29 is 23.4 Å². The summed E-state index contributed by atoms with van der Waals surface area (Å²) in [6, 6.07) is 3.29. The van der Waals surface area contributed by atoms with Crippen LogP contribution in [-0.2, 0) is 10.2 Å². The topological polar surface area (TPSA) is 49.8 Å². The Labute approximate surface area is 127 Å². The van der Waals surface area contributed by atoms with Crippen molar-refractivity contribution in [2.45, 2.75) is 44.4 Å². The molecule has 1 aromatic carbocycles. The fraction of sp³-hybridized carbons (Fsp3) is 0.562. The highest BCUT2D eigenvalue weighted by Gasteiger charge is 2.67. The fourth-order valence-electron chi connectivity index (χ4n) is 3.29. The van der Waals surface area contributed by atoms with Crippen LogP contribution in [0.3, 0.4) is 0 Å². The van der Waals surface area contributed by atoms with Crippen molar-refractivity contribution in [3.63, 3.8) is 0 Å². The maximum Gasteiger partial charge on any atom is 0.412 e. The molecule has 2 aliphatic rings. The van der Waals surface area contributed by atoms with Crippen LogP contribution in [0.5, 0.6) is 0 Å². The number of ether oxygens (including phenoxy) is 1. The lowest BCUT2D eigenvalue weighted by atomic mass is 9.94. The van der Waals surface area contributed by atoms with Gasteiger partial charge in [0, 0.05) is 17.9 Å². The Morgan fingerprint density at radius 2 is 2.09 bits per heavy atom. The summed E-state index contributed by atoms with van der Waals surface area (Å²) in [5, 5.41) is 10.3. The first kappa shape index (κ1) is 15.2. The Kier molecular flexibility index (Phi) is 3.22. The molecule has 1 aliphatic carbocycles.